The molecule has 1 aromatic rings. The Morgan fingerprint density at radius 2 is 2.17 bits per heavy atom. The second kappa shape index (κ2) is 5.22. The molecule has 0 radical (unpaired) electrons. The Morgan fingerprint density at radius 1 is 1.44 bits per heavy atom. The third-order valence-corrected chi connectivity index (χ3v) is 3.67. The van der Waals surface area contributed by atoms with Crippen LogP contribution in [0.2, 0.25) is 0 Å². The van der Waals surface area contributed by atoms with Gasteiger partial charge in [0.1, 0.15) is 5.82 Å². The lowest BCUT2D eigenvalue weighted by Crippen LogP contribution is -2.29. The molecule has 0 saturated carbocycles. The Morgan fingerprint density at radius 3 is 2.67 bits per heavy atom. The summed E-state index contributed by atoms with van der Waals surface area (Å²) in [5, 5.41) is 0. The summed E-state index contributed by atoms with van der Waals surface area (Å²) in [6.45, 7) is 10.3. The summed E-state index contributed by atoms with van der Waals surface area (Å²) in [4.78, 5) is 11.5. The van der Waals surface area contributed by atoms with Crippen molar-refractivity contribution >= 4 is 5.69 Å². The van der Waals surface area contributed by atoms with Crippen LogP contribution in [-0.4, -0.2) is 22.6 Å². The van der Waals surface area contributed by atoms with Crippen LogP contribution < -0.4 is 10.6 Å². The van der Waals surface area contributed by atoms with Crippen LogP contribution in [0.5, 0.6) is 0 Å². The zero-order valence-corrected chi connectivity index (χ0v) is 11.8. The van der Waals surface area contributed by atoms with Crippen LogP contribution in [0.25, 0.3) is 0 Å². The van der Waals surface area contributed by atoms with Crippen LogP contribution >= 0.6 is 0 Å². The number of nitrogens with zero attached hydrogens (tertiary/aromatic N) is 3. The molecule has 100 valence electrons. The van der Waals surface area contributed by atoms with Crippen LogP contribution in [0.3, 0.4) is 0 Å². The number of rotatable bonds is 3. The number of anilines is 1. The molecule has 0 aromatic carbocycles. The van der Waals surface area contributed by atoms with Gasteiger partial charge in [0.05, 0.1) is 17.6 Å². The summed E-state index contributed by atoms with van der Waals surface area (Å²) in [6.07, 6.45) is 3.19. The van der Waals surface area contributed by atoms with E-state index in [0.29, 0.717) is 18.5 Å². The Hall–Kier alpha value is -1.16. The molecule has 1 aliphatic rings. The monoisotopic (exact) mass is 248 g/mol. The SMILES string of the molecule is CC1CC(C)N(c2cnc(C(C)C)nc2CN)C1. The van der Waals surface area contributed by atoms with Gasteiger partial charge in [-0.25, -0.2) is 9.97 Å². The second-order valence-corrected chi connectivity index (χ2v) is 5.76. The van der Waals surface area contributed by atoms with Crippen molar-refractivity contribution in [2.45, 2.75) is 52.6 Å². The molecule has 0 spiro atoms. The van der Waals surface area contributed by atoms with E-state index in [4.69, 9.17) is 5.73 Å². The van der Waals surface area contributed by atoms with Crippen molar-refractivity contribution in [1.82, 2.24) is 9.97 Å². The van der Waals surface area contributed by atoms with Gasteiger partial charge in [-0.3, -0.25) is 0 Å². The Kier molecular flexibility index (Phi) is 3.85. The molecule has 1 saturated heterocycles. The van der Waals surface area contributed by atoms with Gasteiger partial charge in [0.2, 0.25) is 0 Å². The van der Waals surface area contributed by atoms with Gasteiger partial charge >= 0.3 is 0 Å². The zero-order valence-electron chi connectivity index (χ0n) is 11.8. The first-order valence-corrected chi connectivity index (χ1v) is 6.85. The normalized spacial score (nSPS) is 24.0. The number of aromatic nitrogens is 2. The highest BCUT2D eigenvalue weighted by atomic mass is 15.2. The van der Waals surface area contributed by atoms with E-state index in [1.165, 1.54) is 6.42 Å². The fraction of sp³-hybridized carbons (Fsp3) is 0.714. The maximum absolute atomic E-state index is 5.85. The molecule has 1 fully saturated rings. The third-order valence-electron chi connectivity index (χ3n) is 3.67. The van der Waals surface area contributed by atoms with Gasteiger partial charge in [-0.2, -0.15) is 0 Å². The van der Waals surface area contributed by atoms with Crippen LogP contribution in [0.1, 0.15) is 51.6 Å². The minimum Gasteiger partial charge on any atom is -0.366 e. The van der Waals surface area contributed by atoms with Gasteiger partial charge in [0, 0.05) is 25.0 Å². The van der Waals surface area contributed by atoms with Crippen LogP contribution in [0.15, 0.2) is 6.20 Å². The Balaban J connectivity index is 2.33. The smallest absolute Gasteiger partial charge is 0.131 e. The van der Waals surface area contributed by atoms with E-state index in [1.54, 1.807) is 0 Å². The van der Waals surface area contributed by atoms with E-state index in [0.717, 1.165) is 29.7 Å². The highest BCUT2D eigenvalue weighted by molar-refractivity contribution is 5.51. The molecule has 2 N–H and O–H groups in total. The standard InChI is InChI=1S/C14H24N4/c1-9(2)14-16-7-13(12(6-15)17-14)18-8-10(3)5-11(18)4/h7,9-11H,5-6,8,15H2,1-4H3. The van der Waals surface area contributed by atoms with Gasteiger partial charge in [0.25, 0.3) is 0 Å². The molecule has 2 heterocycles. The third kappa shape index (κ3) is 2.48. The summed E-state index contributed by atoms with van der Waals surface area (Å²) in [5.41, 5.74) is 7.96. The first kappa shape index (κ1) is 13.3. The average Bonchev–Trinajstić information content (AvgIpc) is 2.67. The molecule has 18 heavy (non-hydrogen) atoms. The van der Waals surface area contributed by atoms with E-state index in [2.05, 4.69) is 42.6 Å². The molecule has 1 aromatic heterocycles. The van der Waals surface area contributed by atoms with Crippen molar-refractivity contribution in [1.29, 1.82) is 0 Å². The molecule has 0 amide bonds. The number of nitrogens with two attached hydrogens (primary N) is 1. The molecule has 2 atom stereocenters. The Labute approximate surface area is 110 Å². The van der Waals surface area contributed by atoms with Crippen LogP contribution in [-0.2, 0) is 6.54 Å². The van der Waals surface area contributed by atoms with Gasteiger partial charge in [-0.05, 0) is 19.3 Å². The van der Waals surface area contributed by atoms with Crippen LogP contribution in [0, 0.1) is 5.92 Å². The second-order valence-electron chi connectivity index (χ2n) is 5.76. The maximum Gasteiger partial charge on any atom is 0.131 e. The topological polar surface area (TPSA) is 55.0 Å². The molecule has 0 aliphatic carbocycles. The summed E-state index contributed by atoms with van der Waals surface area (Å²) < 4.78 is 0. The minimum absolute atomic E-state index is 0.347. The van der Waals surface area contributed by atoms with Gasteiger partial charge in [0.15, 0.2) is 0 Å². The summed E-state index contributed by atoms with van der Waals surface area (Å²) in [7, 11) is 0. The van der Waals surface area contributed by atoms with Crippen molar-refractivity contribution in [2.24, 2.45) is 11.7 Å². The molecule has 4 heteroatoms. The molecular formula is C14H24N4. The van der Waals surface area contributed by atoms with Crippen molar-refractivity contribution in [3.8, 4) is 0 Å². The van der Waals surface area contributed by atoms with Gasteiger partial charge < -0.3 is 10.6 Å². The lowest BCUT2D eigenvalue weighted by molar-refractivity contribution is 0.625. The maximum atomic E-state index is 5.85. The van der Waals surface area contributed by atoms with E-state index in [1.807, 2.05) is 6.20 Å². The molecule has 0 bridgehead atoms. The van der Waals surface area contributed by atoms with E-state index >= 15 is 0 Å². The average molecular weight is 248 g/mol. The minimum atomic E-state index is 0.347. The lowest BCUT2D eigenvalue weighted by atomic mass is 10.1. The van der Waals surface area contributed by atoms with E-state index in [-0.39, 0.29) is 0 Å². The van der Waals surface area contributed by atoms with Crippen molar-refractivity contribution < 1.29 is 0 Å². The first-order valence-electron chi connectivity index (χ1n) is 6.85. The number of hydrogen-bond acceptors (Lipinski definition) is 4. The fourth-order valence-corrected chi connectivity index (χ4v) is 2.73. The summed E-state index contributed by atoms with van der Waals surface area (Å²) in [5.74, 6) is 1.97. The van der Waals surface area contributed by atoms with Crippen LogP contribution in [0.4, 0.5) is 5.69 Å². The first-order chi connectivity index (χ1) is 8.52. The molecular weight excluding hydrogens is 224 g/mol. The van der Waals surface area contributed by atoms with E-state index in [9.17, 15) is 0 Å². The zero-order chi connectivity index (χ0) is 13.3. The van der Waals surface area contributed by atoms with E-state index < -0.39 is 0 Å². The Bertz CT molecular complexity index is 416. The van der Waals surface area contributed by atoms with Crippen molar-refractivity contribution in [3.05, 3.63) is 17.7 Å². The lowest BCUT2D eigenvalue weighted by Gasteiger charge is -2.25. The molecule has 2 rings (SSSR count). The van der Waals surface area contributed by atoms with Crippen molar-refractivity contribution in [2.75, 3.05) is 11.4 Å². The highest BCUT2D eigenvalue weighted by Gasteiger charge is 2.28. The predicted molar refractivity (Wildman–Crippen MR) is 74.6 cm³/mol. The van der Waals surface area contributed by atoms with Gasteiger partial charge in [-0.1, -0.05) is 20.8 Å². The van der Waals surface area contributed by atoms with Crippen molar-refractivity contribution in [3.63, 3.8) is 0 Å². The van der Waals surface area contributed by atoms with Gasteiger partial charge in [-0.15, -0.1) is 0 Å². The molecule has 4 nitrogen and oxygen atoms in total. The summed E-state index contributed by atoms with van der Waals surface area (Å²) >= 11 is 0. The summed E-state index contributed by atoms with van der Waals surface area (Å²) in [6, 6.07) is 0.554. The fourth-order valence-electron chi connectivity index (χ4n) is 2.73. The molecule has 2 unspecified atom stereocenters. The molecule has 1 aliphatic heterocycles. The predicted octanol–water partition coefficient (Wildman–Crippen LogP) is 2.29. The largest absolute Gasteiger partial charge is 0.366 e. The quantitative estimate of drug-likeness (QED) is 0.891. The number of hydrogen-bond donors (Lipinski definition) is 1. The highest BCUT2D eigenvalue weighted by Crippen LogP contribution is 2.30.